The average molecular weight is 1180 g/mol. The van der Waals surface area contributed by atoms with Crippen LogP contribution < -0.4 is 0 Å². The molecule has 4 unspecified atom stereocenters. The minimum Gasteiger partial charge on any atom is -0.396 e. The molecule has 2 spiro atoms. The molecule has 82 heavy (non-hydrogen) atoms. The summed E-state index contributed by atoms with van der Waals surface area (Å²) in [7, 11) is 2.60. The van der Waals surface area contributed by atoms with Crippen molar-refractivity contribution < 1.29 is 84.8 Å². The lowest BCUT2D eigenvalue weighted by atomic mass is 9.39. The van der Waals surface area contributed by atoms with Gasteiger partial charge in [-0.05, 0) is 172 Å². The Bertz CT molecular complexity index is 2480. The van der Waals surface area contributed by atoms with E-state index in [4.69, 9.17) is 61.0 Å². The van der Waals surface area contributed by atoms with Gasteiger partial charge in [0.25, 0.3) is 10.1 Å². The molecule has 3 N–H and O–H groups in total. The van der Waals surface area contributed by atoms with E-state index < -0.39 is 60.3 Å². The lowest BCUT2D eigenvalue weighted by molar-refractivity contribution is -0.406. The SMILES string of the molecule is COCO[C@@H]1C[C@]2(C)[C@@H](CO)CC[C@]2(OCOC)C2CC[C@]3(O)C[C@@H](C)C[C@H]4OC(C)(C)OC[C@]43C21.COCO[C@@H]1C[C@]2(C)[C@@H](COS(=O)(=O)c3ccc(C)cc3)CC[C@]2(OCOC)C2CC[C@]3(O)C[C@@H](C)C[C@H]4OC(C)(C)OC[C@]43C21. The molecule has 10 aliphatic rings. The highest BCUT2D eigenvalue weighted by Crippen LogP contribution is 2.75. The molecule has 468 valence electrons. The maximum absolute atomic E-state index is 13.3. The average Bonchev–Trinajstić information content (AvgIpc) is 1.15. The second-order valence-electron chi connectivity index (χ2n) is 28.7. The number of aryl methyl sites for hydroxylation is 1. The lowest BCUT2D eigenvalue weighted by Gasteiger charge is -2.71. The van der Waals surface area contributed by atoms with Crippen molar-refractivity contribution in [3.8, 4) is 0 Å². The van der Waals surface area contributed by atoms with Crippen LogP contribution in [0.4, 0.5) is 0 Å². The quantitative estimate of drug-likeness (QED) is 0.0983. The monoisotopic (exact) mass is 1180 g/mol. The molecule has 2 saturated heterocycles. The Morgan fingerprint density at radius 2 is 1.01 bits per heavy atom. The van der Waals surface area contributed by atoms with Gasteiger partial charge in [0.05, 0.1) is 82.4 Å². The van der Waals surface area contributed by atoms with Crippen molar-refractivity contribution in [1.82, 2.24) is 0 Å². The Labute approximate surface area is 489 Å². The summed E-state index contributed by atoms with van der Waals surface area (Å²) in [5.74, 6) is -0.959. The van der Waals surface area contributed by atoms with E-state index in [2.05, 4.69) is 27.7 Å². The third kappa shape index (κ3) is 10.1. The summed E-state index contributed by atoms with van der Waals surface area (Å²) in [6.45, 7) is 20.2. The minimum absolute atomic E-state index is 0.0356. The molecular formula is C63H102O18S. The third-order valence-corrected chi connectivity index (χ3v) is 25.1. The van der Waals surface area contributed by atoms with Crippen LogP contribution in [0.5, 0.6) is 0 Å². The topological polar surface area (TPSA) is 215 Å². The number of hydrogen-bond acceptors (Lipinski definition) is 18. The van der Waals surface area contributed by atoms with Crippen LogP contribution in [0.15, 0.2) is 29.2 Å². The van der Waals surface area contributed by atoms with Crippen molar-refractivity contribution in [2.45, 2.75) is 215 Å². The Hall–Kier alpha value is -1.47. The third-order valence-electron chi connectivity index (χ3n) is 23.8. The molecule has 1 aromatic rings. The zero-order chi connectivity index (χ0) is 59.2. The molecule has 0 aromatic heterocycles. The molecule has 2 aliphatic heterocycles. The molecule has 8 aliphatic carbocycles. The van der Waals surface area contributed by atoms with Crippen molar-refractivity contribution in [1.29, 1.82) is 0 Å². The second kappa shape index (κ2) is 23.2. The van der Waals surface area contributed by atoms with E-state index in [9.17, 15) is 23.7 Å². The van der Waals surface area contributed by atoms with Crippen molar-refractivity contribution >= 4 is 10.1 Å². The lowest BCUT2D eigenvalue weighted by Crippen LogP contribution is -2.78. The van der Waals surface area contributed by atoms with Crippen LogP contribution >= 0.6 is 0 Å². The number of methoxy groups -OCH3 is 4. The van der Waals surface area contributed by atoms with Crippen molar-refractivity contribution in [3.63, 3.8) is 0 Å². The normalized spacial score (nSPS) is 47.0. The molecule has 10 fully saturated rings. The van der Waals surface area contributed by atoms with E-state index in [0.717, 1.165) is 63.4 Å². The molecule has 0 amide bonds. The minimum atomic E-state index is -3.96. The van der Waals surface area contributed by atoms with E-state index in [1.807, 2.05) is 34.6 Å². The van der Waals surface area contributed by atoms with Gasteiger partial charge in [-0.1, -0.05) is 45.4 Å². The standard InChI is InChI=1S/C35H54O10S.C28H48O8/c1-23-8-10-26(11-9-23)46(37,38)44-19-25-12-15-35(43-22-40-7)27-13-14-33(36)17-24(2)16-29-34(33,20-42-31(3,4)45-29)30(27)28(41-21-39-6)18-32(25,35)5;1-18-11-22-27(15-34-24(2,3)36-22)23-20(8-9-26(27,30)12-18)28(35-17-32-6)10-7-19(14-29)25(28,4)13-21(23)33-16-31-5/h8-11,24-25,27-30,36H,12-22H2,1-7H3;18-23,29-30H,7-17H2,1-6H3/t24-,25+,27?,28+,29+,30?,32+,33-,34+,35-;18-,19+,20?,21+,22+,23?,25+,26-,27+,28-/m00/s1. The van der Waals surface area contributed by atoms with Crippen LogP contribution in [-0.4, -0.2) is 164 Å². The summed E-state index contributed by atoms with van der Waals surface area (Å²) in [6, 6.07) is 6.73. The van der Waals surface area contributed by atoms with Gasteiger partial charge in [0, 0.05) is 57.7 Å². The number of aliphatic hydroxyl groups excluding tert-OH is 1. The first kappa shape index (κ1) is 63.5. The van der Waals surface area contributed by atoms with Gasteiger partial charge >= 0.3 is 0 Å². The first-order valence-corrected chi connectivity index (χ1v) is 32.2. The molecular weight excluding hydrogens is 1080 g/mol. The Morgan fingerprint density at radius 3 is 1.44 bits per heavy atom. The molecule has 1 aromatic carbocycles. The van der Waals surface area contributed by atoms with Gasteiger partial charge in [0.15, 0.2) is 11.6 Å². The summed E-state index contributed by atoms with van der Waals surface area (Å²) >= 11 is 0. The molecule has 11 rings (SSSR count). The smallest absolute Gasteiger partial charge is 0.296 e. The van der Waals surface area contributed by atoms with Gasteiger partial charge < -0.3 is 72.2 Å². The molecule has 20 atom stereocenters. The largest absolute Gasteiger partial charge is 0.396 e. The van der Waals surface area contributed by atoms with Gasteiger partial charge in [-0.3, -0.25) is 4.18 Å². The van der Waals surface area contributed by atoms with Crippen molar-refractivity contribution in [2.75, 3.05) is 82.0 Å². The summed E-state index contributed by atoms with van der Waals surface area (Å²) in [6.07, 6.45) is 9.57. The summed E-state index contributed by atoms with van der Waals surface area (Å²) in [5, 5.41) is 35.7. The van der Waals surface area contributed by atoms with Crippen LogP contribution in [-0.2, 0) is 71.1 Å². The van der Waals surface area contributed by atoms with E-state index in [0.29, 0.717) is 57.2 Å². The summed E-state index contributed by atoms with van der Waals surface area (Å²) in [5.41, 5.74) is -4.22. The summed E-state index contributed by atoms with van der Waals surface area (Å²) < 4.78 is 107. The highest BCUT2D eigenvalue weighted by atomic mass is 32.2. The molecule has 8 saturated carbocycles. The van der Waals surface area contributed by atoms with E-state index in [1.165, 1.54) is 0 Å². The van der Waals surface area contributed by atoms with Crippen LogP contribution in [0.2, 0.25) is 0 Å². The molecule has 0 bridgehead atoms. The fourth-order valence-electron chi connectivity index (χ4n) is 20.4. The van der Waals surface area contributed by atoms with Gasteiger partial charge in [-0.25, -0.2) is 0 Å². The fraction of sp³-hybridized carbons (Fsp3) is 0.905. The van der Waals surface area contributed by atoms with Crippen LogP contribution in [0, 0.1) is 75.9 Å². The first-order chi connectivity index (χ1) is 38.7. The predicted octanol–water partition coefficient (Wildman–Crippen LogP) is 8.67. The van der Waals surface area contributed by atoms with E-state index in [-0.39, 0.29) is 111 Å². The van der Waals surface area contributed by atoms with Crippen LogP contribution in [0.25, 0.3) is 0 Å². The van der Waals surface area contributed by atoms with Crippen molar-refractivity contribution in [3.05, 3.63) is 29.8 Å². The zero-order valence-corrected chi connectivity index (χ0v) is 52.5. The van der Waals surface area contributed by atoms with Gasteiger partial charge in [0.1, 0.15) is 27.2 Å². The van der Waals surface area contributed by atoms with Gasteiger partial charge in [0.2, 0.25) is 0 Å². The van der Waals surface area contributed by atoms with Crippen LogP contribution in [0.1, 0.15) is 151 Å². The Balaban J connectivity index is 0.000000189. The number of benzene rings is 1. The fourth-order valence-corrected chi connectivity index (χ4v) is 21.3. The number of fused-ring (bicyclic) bond motifs is 6. The maximum Gasteiger partial charge on any atom is 0.296 e. The van der Waals surface area contributed by atoms with Crippen LogP contribution in [0.3, 0.4) is 0 Å². The Kier molecular flexibility index (Phi) is 17.9. The summed E-state index contributed by atoms with van der Waals surface area (Å²) in [4.78, 5) is 0.150. The first-order valence-electron chi connectivity index (χ1n) is 30.8. The molecule has 0 radical (unpaired) electrons. The van der Waals surface area contributed by atoms with E-state index >= 15 is 0 Å². The maximum atomic E-state index is 13.3. The highest BCUT2D eigenvalue weighted by Gasteiger charge is 2.79. The van der Waals surface area contributed by atoms with E-state index in [1.54, 1.807) is 52.7 Å². The van der Waals surface area contributed by atoms with Crippen molar-refractivity contribution in [2.24, 2.45) is 69.0 Å². The van der Waals surface area contributed by atoms with Gasteiger partial charge in [-0.2, -0.15) is 8.42 Å². The Morgan fingerprint density at radius 1 is 0.585 bits per heavy atom. The number of aliphatic hydroxyl groups is 3. The predicted molar refractivity (Wildman–Crippen MR) is 301 cm³/mol. The molecule has 19 heteroatoms. The van der Waals surface area contributed by atoms with Gasteiger partial charge in [-0.15, -0.1) is 0 Å². The molecule has 2 heterocycles. The highest BCUT2D eigenvalue weighted by molar-refractivity contribution is 7.86. The number of hydrogen-bond donors (Lipinski definition) is 3. The zero-order valence-electron chi connectivity index (χ0n) is 51.7. The molecule has 18 nitrogen and oxygen atoms in total. The number of ether oxygens (including phenoxy) is 12. The number of rotatable bonds is 17. The second-order valence-corrected chi connectivity index (χ2v) is 30.3.